The first-order chi connectivity index (χ1) is 14.2. The highest BCUT2D eigenvalue weighted by molar-refractivity contribution is 5.79. The standard InChI is InChI=1S/C21H34N6O2/c1-3-22-20(24-16-21(10-5-6-11-21)12-15-28-4-2)23-13-9-18-25-19(27-26-18)17-8-7-14-29-17/h7-8,14H,3-6,9-13,15-16H2,1-2H3,(H2,22,23,24)(H,25,26,27). The van der Waals surface area contributed by atoms with Gasteiger partial charge in [0.25, 0.3) is 0 Å². The topological polar surface area (TPSA) is 100 Å². The first-order valence-corrected chi connectivity index (χ1v) is 10.8. The van der Waals surface area contributed by atoms with E-state index in [0.717, 1.165) is 57.5 Å². The molecule has 29 heavy (non-hydrogen) atoms. The summed E-state index contributed by atoms with van der Waals surface area (Å²) < 4.78 is 10.9. The van der Waals surface area contributed by atoms with E-state index in [1.165, 1.54) is 25.7 Å². The molecule has 2 heterocycles. The number of rotatable bonds is 11. The second kappa shape index (κ2) is 11.0. The van der Waals surface area contributed by atoms with Gasteiger partial charge in [-0.15, -0.1) is 0 Å². The molecule has 1 aliphatic rings. The Morgan fingerprint density at radius 3 is 2.90 bits per heavy atom. The molecule has 8 heteroatoms. The Morgan fingerprint density at radius 1 is 1.31 bits per heavy atom. The monoisotopic (exact) mass is 402 g/mol. The third kappa shape index (κ3) is 6.32. The van der Waals surface area contributed by atoms with Crippen LogP contribution in [0.15, 0.2) is 27.8 Å². The fourth-order valence-electron chi connectivity index (χ4n) is 3.86. The van der Waals surface area contributed by atoms with Crippen LogP contribution in [-0.4, -0.2) is 54.0 Å². The van der Waals surface area contributed by atoms with Gasteiger partial charge in [0.1, 0.15) is 5.82 Å². The molecule has 0 bridgehead atoms. The van der Waals surface area contributed by atoms with Crippen molar-refractivity contribution < 1.29 is 9.15 Å². The van der Waals surface area contributed by atoms with E-state index in [1.54, 1.807) is 6.26 Å². The molecule has 3 rings (SSSR count). The second-order valence-corrected chi connectivity index (χ2v) is 7.61. The lowest BCUT2D eigenvalue weighted by Gasteiger charge is -2.27. The SMILES string of the molecule is CCNC(=NCC1(CCOCC)CCCC1)NCCc1nc(-c2ccco2)n[nH]1. The van der Waals surface area contributed by atoms with Crippen molar-refractivity contribution >= 4 is 5.96 Å². The fraction of sp³-hybridized carbons (Fsp3) is 0.667. The van der Waals surface area contributed by atoms with Crippen molar-refractivity contribution in [1.82, 2.24) is 25.8 Å². The van der Waals surface area contributed by atoms with Gasteiger partial charge in [0.2, 0.25) is 5.82 Å². The fourth-order valence-corrected chi connectivity index (χ4v) is 3.86. The highest BCUT2D eigenvalue weighted by Gasteiger charge is 2.33. The number of H-pyrrole nitrogens is 1. The van der Waals surface area contributed by atoms with Crippen molar-refractivity contribution in [2.24, 2.45) is 10.4 Å². The maximum absolute atomic E-state index is 5.61. The van der Waals surface area contributed by atoms with Gasteiger partial charge in [-0.1, -0.05) is 12.8 Å². The number of guanidine groups is 1. The van der Waals surface area contributed by atoms with Crippen molar-refractivity contribution in [1.29, 1.82) is 0 Å². The molecule has 8 nitrogen and oxygen atoms in total. The Balaban J connectivity index is 1.51. The number of aromatic amines is 1. The predicted octanol–water partition coefficient (Wildman–Crippen LogP) is 3.15. The largest absolute Gasteiger partial charge is 0.461 e. The lowest BCUT2D eigenvalue weighted by Crippen LogP contribution is -2.39. The van der Waals surface area contributed by atoms with Crippen molar-refractivity contribution in [2.45, 2.75) is 52.4 Å². The highest BCUT2D eigenvalue weighted by Crippen LogP contribution is 2.41. The van der Waals surface area contributed by atoms with Crippen LogP contribution in [0.4, 0.5) is 0 Å². The van der Waals surface area contributed by atoms with E-state index in [9.17, 15) is 0 Å². The molecule has 1 saturated carbocycles. The van der Waals surface area contributed by atoms with Gasteiger partial charge in [0.15, 0.2) is 11.7 Å². The quantitative estimate of drug-likeness (QED) is 0.303. The van der Waals surface area contributed by atoms with Crippen molar-refractivity contribution in [3.05, 3.63) is 24.2 Å². The molecule has 0 amide bonds. The summed E-state index contributed by atoms with van der Waals surface area (Å²) in [5.41, 5.74) is 0.292. The van der Waals surface area contributed by atoms with Crippen LogP contribution in [0.3, 0.4) is 0 Å². The molecule has 1 aliphatic carbocycles. The van der Waals surface area contributed by atoms with E-state index in [0.29, 0.717) is 17.0 Å². The molecular formula is C21H34N6O2. The van der Waals surface area contributed by atoms with Crippen LogP contribution in [0.2, 0.25) is 0 Å². The van der Waals surface area contributed by atoms with E-state index in [1.807, 2.05) is 12.1 Å². The number of hydrogen-bond donors (Lipinski definition) is 3. The van der Waals surface area contributed by atoms with Gasteiger partial charge >= 0.3 is 0 Å². The number of ether oxygens (including phenoxy) is 1. The first kappa shape index (κ1) is 21.4. The molecule has 0 radical (unpaired) electrons. The Bertz CT molecular complexity index is 734. The molecule has 1 fully saturated rings. The Kier molecular flexibility index (Phi) is 8.10. The first-order valence-electron chi connectivity index (χ1n) is 10.8. The third-order valence-electron chi connectivity index (χ3n) is 5.49. The zero-order valence-corrected chi connectivity index (χ0v) is 17.7. The Labute approximate surface area is 172 Å². The maximum Gasteiger partial charge on any atom is 0.216 e. The van der Waals surface area contributed by atoms with Gasteiger partial charge < -0.3 is 19.8 Å². The number of nitrogens with zero attached hydrogens (tertiary/aromatic N) is 3. The number of aromatic nitrogens is 3. The molecule has 0 aromatic carbocycles. The second-order valence-electron chi connectivity index (χ2n) is 7.61. The average Bonchev–Trinajstić information content (AvgIpc) is 3.48. The minimum Gasteiger partial charge on any atom is -0.461 e. The molecule has 0 unspecified atom stereocenters. The smallest absolute Gasteiger partial charge is 0.216 e. The Morgan fingerprint density at radius 2 is 2.17 bits per heavy atom. The van der Waals surface area contributed by atoms with Gasteiger partial charge in [-0.3, -0.25) is 10.1 Å². The predicted molar refractivity (Wildman–Crippen MR) is 114 cm³/mol. The van der Waals surface area contributed by atoms with Crippen LogP contribution in [-0.2, 0) is 11.2 Å². The van der Waals surface area contributed by atoms with Crippen molar-refractivity contribution in [3.8, 4) is 11.6 Å². The molecule has 0 atom stereocenters. The normalized spacial score (nSPS) is 16.3. The molecule has 0 aliphatic heterocycles. The van der Waals surface area contributed by atoms with Crippen molar-refractivity contribution in [3.63, 3.8) is 0 Å². The average molecular weight is 403 g/mol. The van der Waals surface area contributed by atoms with Crippen molar-refractivity contribution in [2.75, 3.05) is 32.8 Å². The van der Waals surface area contributed by atoms with E-state index in [2.05, 4.69) is 39.7 Å². The van der Waals surface area contributed by atoms with E-state index in [-0.39, 0.29) is 0 Å². The van der Waals surface area contributed by atoms with Gasteiger partial charge in [-0.2, -0.15) is 5.10 Å². The Hall–Kier alpha value is -2.35. The summed E-state index contributed by atoms with van der Waals surface area (Å²) in [4.78, 5) is 9.38. The zero-order valence-electron chi connectivity index (χ0n) is 17.7. The van der Waals surface area contributed by atoms with Crippen LogP contribution in [0, 0.1) is 5.41 Å². The third-order valence-corrected chi connectivity index (χ3v) is 5.49. The maximum atomic E-state index is 5.61. The van der Waals surface area contributed by atoms with Crippen LogP contribution in [0.1, 0.15) is 51.8 Å². The molecule has 0 spiro atoms. The summed E-state index contributed by atoms with van der Waals surface area (Å²) in [5.74, 6) is 2.94. The summed E-state index contributed by atoms with van der Waals surface area (Å²) in [6, 6.07) is 3.68. The van der Waals surface area contributed by atoms with Gasteiger partial charge in [-0.25, -0.2) is 4.98 Å². The van der Waals surface area contributed by atoms with Crippen LogP contribution in [0.5, 0.6) is 0 Å². The molecule has 0 saturated heterocycles. The highest BCUT2D eigenvalue weighted by atomic mass is 16.5. The summed E-state index contributed by atoms with van der Waals surface area (Å²) in [6.07, 6.45) is 8.54. The number of furan rings is 1. The summed E-state index contributed by atoms with van der Waals surface area (Å²) >= 11 is 0. The van der Waals surface area contributed by atoms with E-state index < -0.39 is 0 Å². The van der Waals surface area contributed by atoms with Crippen LogP contribution >= 0.6 is 0 Å². The van der Waals surface area contributed by atoms with Gasteiger partial charge in [-0.05, 0) is 50.7 Å². The number of nitrogens with one attached hydrogen (secondary N) is 3. The zero-order chi connectivity index (χ0) is 20.4. The minimum absolute atomic E-state index is 0.292. The van der Waals surface area contributed by atoms with Gasteiger partial charge in [0.05, 0.1) is 6.26 Å². The molecule has 160 valence electrons. The van der Waals surface area contributed by atoms with Gasteiger partial charge in [0, 0.05) is 39.3 Å². The summed E-state index contributed by atoms with van der Waals surface area (Å²) in [7, 11) is 0. The lowest BCUT2D eigenvalue weighted by molar-refractivity contribution is 0.107. The van der Waals surface area contributed by atoms with Crippen LogP contribution < -0.4 is 10.6 Å². The number of aliphatic imine (C=N–C) groups is 1. The van der Waals surface area contributed by atoms with E-state index in [4.69, 9.17) is 14.1 Å². The summed E-state index contributed by atoms with van der Waals surface area (Å²) in [6.45, 7) is 8.17. The molecule has 2 aromatic heterocycles. The van der Waals surface area contributed by atoms with E-state index >= 15 is 0 Å². The van der Waals surface area contributed by atoms with Crippen LogP contribution in [0.25, 0.3) is 11.6 Å². The molecular weight excluding hydrogens is 368 g/mol. The molecule has 3 N–H and O–H groups in total. The minimum atomic E-state index is 0.292. The summed E-state index contributed by atoms with van der Waals surface area (Å²) in [5, 5.41) is 14.0. The lowest BCUT2D eigenvalue weighted by atomic mass is 9.83. The molecule has 2 aromatic rings. The number of hydrogen-bond acceptors (Lipinski definition) is 5.